The van der Waals surface area contributed by atoms with E-state index in [1.54, 1.807) is 7.11 Å². The van der Waals surface area contributed by atoms with Gasteiger partial charge >= 0.3 is 0 Å². The number of methoxy groups -OCH3 is 1. The highest BCUT2D eigenvalue weighted by atomic mass is 16.5. The van der Waals surface area contributed by atoms with Crippen molar-refractivity contribution in [1.82, 2.24) is 0 Å². The van der Waals surface area contributed by atoms with Crippen LogP contribution in [0, 0.1) is 0 Å². The zero-order chi connectivity index (χ0) is 13.2. The van der Waals surface area contributed by atoms with Gasteiger partial charge in [-0.3, -0.25) is 0 Å². The van der Waals surface area contributed by atoms with Crippen molar-refractivity contribution >= 4 is 11.4 Å². The van der Waals surface area contributed by atoms with E-state index in [9.17, 15) is 0 Å². The SMILES string of the molecule is COc1ccc2c(c1)C(N)=CC(c1ccccc1)N2. The Labute approximate surface area is 112 Å². The van der Waals surface area contributed by atoms with E-state index in [1.807, 2.05) is 42.5 Å². The third-order valence-corrected chi connectivity index (χ3v) is 3.35. The standard InChI is InChI=1S/C16H16N2O/c1-19-12-7-8-15-13(9-12)14(17)10-16(18-15)11-5-3-2-4-6-11/h2-10,16,18H,17H2,1H3. The normalized spacial score (nSPS) is 17.1. The predicted octanol–water partition coefficient (Wildman–Crippen LogP) is 3.16. The molecule has 96 valence electrons. The lowest BCUT2D eigenvalue weighted by Crippen LogP contribution is -2.17. The molecule has 3 rings (SSSR count). The maximum Gasteiger partial charge on any atom is 0.119 e. The van der Waals surface area contributed by atoms with Crippen LogP contribution in [0.25, 0.3) is 5.70 Å². The molecule has 0 aliphatic carbocycles. The van der Waals surface area contributed by atoms with Crippen LogP contribution in [0.2, 0.25) is 0 Å². The molecule has 0 amide bonds. The van der Waals surface area contributed by atoms with Crippen LogP contribution in [0.4, 0.5) is 5.69 Å². The van der Waals surface area contributed by atoms with E-state index in [0.29, 0.717) is 0 Å². The fourth-order valence-electron chi connectivity index (χ4n) is 2.33. The Morgan fingerprint density at radius 3 is 2.63 bits per heavy atom. The smallest absolute Gasteiger partial charge is 0.119 e. The maximum absolute atomic E-state index is 6.16. The Hall–Kier alpha value is -2.42. The molecule has 0 saturated carbocycles. The minimum absolute atomic E-state index is 0.113. The third kappa shape index (κ3) is 2.15. The first kappa shape index (κ1) is 11.7. The van der Waals surface area contributed by atoms with Crippen LogP contribution in [0.15, 0.2) is 54.6 Å². The van der Waals surface area contributed by atoms with Gasteiger partial charge in [0.05, 0.1) is 13.2 Å². The molecule has 19 heavy (non-hydrogen) atoms. The number of ether oxygens (including phenoxy) is 1. The number of fused-ring (bicyclic) bond motifs is 1. The first-order valence-corrected chi connectivity index (χ1v) is 6.25. The van der Waals surface area contributed by atoms with Crippen LogP contribution in [-0.2, 0) is 0 Å². The fourth-order valence-corrected chi connectivity index (χ4v) is 2.33. The van der Waals surface area contributed by atoms with E-state index < -0.39 is 0 Å². The number of nitrogens with two attached hydrogens (primary N) is 1. The second kappa shape index (κ2) is 4.69. The highest BCUT2D eigenvalue weighted by molar-refractivity contribution is 5.79. The lowest BCUT2D eigenvalue weighted by molar-refractivity contribution is 0.414. The van der Waals surface area contributed by atoms with Gasteiger partial charge < -0.3 is 15.8 Å². The maximum atomic E-state index is 6.16. The fraction of sp³-hybridized carbons (Fsp3) is 0.125. The Bertz CT molecular complexity index is 620. The minimum Gasteiger partial charge on any atom is -0.497 e. The molecular weight excluding hydrogens is 236 g/mol. The van der Waals surface area contributed by atoms with E-state index in [2.05, 4.69) is 17.4 Å². The van der Waals surface area contributed by atoms with Crippen LogP contribution in [0.3, 0.4) is 0 Å². The van der Waals surface area contributed by atoms with E-state index in [4.69, 9.17) is 10.5 Å². The van der Waals surface area contributed by atoms with Gasteiger partial charge in [0.2, 0.25) is 0 Å². The lowest BCUT2D eigenvalue weighted by atomic mass is 9.97. The van der Waals surface area contributed by atoms with Gasteiger partial charge in [-0.2, -0.15) is 0 Å². The molecule has 1 unspecified atom stereocenters. The van der Waals surface area contributed by atoms with Gasteiger partial charge in [0.25, 0.3) is 0 Å². The first-order valence-electron chi connectivity index (χ1n) is 6.25. The molecular formula is C16H16N2O. The van der Waals surface area contributed by atoms with E-state index in [0.717, 1.165) is 22.7 Å². The molecule has 0 spiro atoms. The summed E-state index contributed by atoms with van der Waals surface area (Å²) >= 11 is 0. The van der Waals surface area contributed by atoms with Crippen molar-refractivity contribution in [3.63, 3.8) is 0 Å². The zero-order valence-electron chi connectivity index (χ0n) is 10.8. The van der Waals surface area contributed by atoms with Gasteiger partial charge in [-0.1, -0.05) is 30.3 Å². The predicted molar refractivity (Wildman–Crippen MR) is 78.0 cm³/mol. The second-order valence-electron chi connectivity index (χ2n) is 4.57. The Morgan fingerprint density at radius 2 is 1.89 bits per heavy atom. The number of hydrogen-bond donors (Lipinski definition) is 2. The molecule has 0 saturated heterocycles. The summed E-state index contributed by atoms with van der Waals surface area (Å²) in [6.07, 6.45) is 2.04. The third-order valence-electron chi connectivity index (χ3n) is 3.35. The zero-order valence-corrected chi connectivity index (χ0v) is 10.8. The van der Waals surface area contributed by atoms with Crippen molar-refractivity contribution in [1.29, 1.82) is 0 Å². The van der Waals surface area contributed by atoms with Crippen molar-refractivity contribution in [3.05, 3.63) is 65.7 Å². The topological polar surface area (TPSA) is 47.3 Å². The molecule has 1 aliphatic heterocycles. The van der Waals surface area contributed by atoms with Crippen molar-refractivity contribution in [2.45, 2.75) is 6.04 Å². The van der Waals surface area contributed by atoms with Crippen molar-refractivity contribution in [3.8, 4) is 5.75 Å². The highest BCUT2D eigenvalue weighted by Crippen LogP contribution is 2.34. The molecule has 1 atom stereocenters. The van der Waals surface area contributed by atoms with Crippen LogP contribution < -0.4 is 15.8 Å². The van der Waals surface area contributed by atoms with E-state index in [-0.39, 0.29) is 6.04 Å². The summed E-state index contributed by atoms with van der Waals surface area (Å²) in [5.41, 5.74) is 10.2. The minimum atomic E-state index is 0.113. The summed E-state index contributed by atoms with van der Waals surface area (Å²) in [5.74, 6) is 0.815. The van der Waals surface area contributed by atoms with Crippen LogP contribution >= 0.6 is 0 Å². The number of benzene rings is 2. The van der Waals surface area contributed by atoms with Gasteiger partial charge in [-0.15, -0.1) is 0 Å². The van der Waals surface area contributed by atoms with Gasteiger partial charge in [0.1, 0.15) is 5.75 Å². The van der Waals surface area contributed by atoms with Gasteiger partial charge in [0, 0.05) is 16.9 Å². The molecule has 3 nitrogen and oxygen atoms in total. The first-order chi connectivity index (χ1) is 9.28. The summed E-state index contributed by atoms with van der Waals surface area (Å²) in [4.78, 5) is 0. The summed E-state index contributed by atoms with van der Waals surface area (Å²) in [6.45, 7) is 0. The Kier molecular flexibility index (Phi) is 2.88. The number of hydrogen-bond acceptors (Lipinski definition) is 3. The summed E-state index contributed by atoms with van der Waals surface area (Å²) < 4.78 is 5.23. The second-order valence-corrected chi connectivity index (χ2v) is 4.57. The molecule has 0 radical (unpaired) electrons. The summed E-state index contributed by atoms with van der Waals surface area (Å²) in [6, 6.07) is 16.3. The molecule has 1 aliphatic rings. The molecule has 1 heterocycles. The van der Waals surface area contributed by atoms with Crippen molar-refractivity contribution < 1.29 is 4.74 Å². The van der Waals surface area contributed by atoms with Gasteiger partial charge in [0.15, 0.2) is 0 Å². The molecule has 3 heteroatoms. The average molecular weight is 252 g/mol. The monoisotopic (exact) mass is 252 g/mol. The number of rotatable bonds is 2. The van der Waals surface area contributed by atoms with Crippen molar-refractivity contribution in [2.75, 3.05) is 12.4 Å². The van der Waals surface area contributed by atoms with Crippen LogP contribution in [0.1, 0.15) is 17.2 Å². The number of anilines is 1. The molecule has 3 N–H and O–H groups in total. The number of nitrogens with one attached hydrogen (secondary N) is 1. The Balaban J connectivity index is 1.99. The summed E-state index contributed by atoms with van der Waals surface area (Å²) in [5, 5.41) is 3.48. The molecule has 2 aromatic carbocycles. The average Bonchev–Trinajstić information content (AvgIpc) is 2.48. The molecule has 0 aromatic heterocycles. The van der Waals surface area contributed by atoms with E-state index >= 15 is 0 Å². The molecule has 0 fully saturated rings. The molecule has 0 bridgehead atoms. The van der Waals surface area contributed by atoms with Crippen molar-refractivity contribution in [2.24, 2.45) is 5.73 Å². The van der Waals surface area contributed by atoms with Gasteiger partial charge in [-0.05, 0) is 29.8 Å². The van der Waals surface area contributed by atoms with Gasteiger partial charge in [-0.25, -0.2) is 0 Å². The van der Waals surface area contributed by atoms with E-state index in [1.165, 1.54) is 5.56 Å². The lowest BCUT2D eigenvalue weighted by Gasteiger charge is -2.25. The van der Waals surface area contributed by atoms with Crippen LogP contribution in [0.5, 0.6) is 5.75 Å². The quantitative estimate of drug-likeness (QED) is 0.863. The Morgan fingerprint density at radius 1 is 1.11 bits per heavy atom. The summed E-state index contributed by atoms with van der Waals surface area (Å²) in [7, 11) is 1.66. The largest absolute Gasteiger partial charge is 0.497 e. The molecule has 2 aromatic rings. The van der Waals surface area contributed by atoms with Crippen LogP contribution in [-0.4, -0.2) is 7.11 Å². The highest BCUT2D eigenvalue weighted by Gasteiger charge is 2.18.